The van der Waals surface area contributed by atoms with Gasteiger partial charge >= 0.3 is 0 Å². The predicted octanol–water partition coefficient (Wildman–Crippen LogP) is 4.04. The van der Waals surface area contributed by atoms with Crippen molar-refractivity contribution in [1.29, 1.82) is 0 Å². The Morgan fingerprint density at radius 2 is 1.85 bits per heavy atom. The monoisotopic (exact) mass is 348 g/mol. The average Bonchev–Trinajstić information content (AvgIpc) is 2.69. The molecule has 2 N–H and O–H groups in total. The summed E-state index contributed by atoms with van der Waals surface area (Å²) in [7, 11) is 1.59. The highest BCUT2D eigenvalue weighted by atomic mass is 16.5. The number of para-hydroxylation sites is 2. The summed E-state index contributed by atoms with van der Waals surface area (Å²) in [5, 5.41) is 5.91. The van der Waals surface area contributed by atoms with E-state index in [0.717, 1.165) is 17.8 Å². The number of methoxy groups -OCH3 is 1. The van der Waals surface area contributed by atoms with Crippen molar-refractivity contribution in [3.63, 3.8) is 0 Å². The van der Waals surface area contributed by atoms with Crippen LogP contribution in [0, 0.1) is 0 Å². The van der Waals surface area contributed by atoms with Crippen molar-refractivity contribution in [3.8, 4) is 5.75 Å². The Hall–Kier alpha value is -3.41. The van der Waals surface area contributed by atoms with Gasteiger partial charge in [-0.15, -0.1) is 0 Å². The highest BCUT2D eigenvalue weighted by Gasteiger charge is 2.10. The second-order valence-electron chi connectivity index (χ2n) is 5.60. The first-order valence-electron chi connectivity index (χ1n) is 8.33. The number of nitrogens with one attached hydrogen (secondary N) is 2. The fourth-order valence-corrected chi connectivity index (χ4v) is 2.43. The Morgan fingerprint density at radius 3 is 2.58 bits per heavy atom. The molecule has 0 saturated heterocycles. The molecular formula is C20H20N4O2. The summed E-state index contributed by atoms with van der Waals surface area (Å²) < 4.78 is 5.30. The number of anilines is 3. The topological polar surface area (TPSA) is 76.1 Å². The van der Waals surface area contributed by atoms with Gasteiger partial charge in [0.2, 0.25) is 5.95 Å². The van der Waals surface area contributed by atoms with E-state index < -0.39 is 0 Å². The normalized spacial score (nSPS) is 10.2. The summed E-state index contributed by atoms with van der Waals surface area (Å²) >= 11 is 0. The third-order valence-electron chi connectivity index (χ3n) is 3.86. The van der Waals surface area contributed by atoms with E-state index in [4.69, 9.17) is 4.74 Å². The Morgan fingerprint density at radius 1 is 1.08 bits per heavy atom. The van der Waals surface area contributed by atoms with Crippen LogP contribution in [0.2, 0.25) is 0 Å². The van der Waals surface area contributed by atoms with Crippen molar-refractivity contribution in [2.75, 3.05) is 17.7 Å². The highest BCUT2D eigenvalue weighted by molar-refractivity contribution is 6.03. The molecule has 2 aromatic carbocycles. The third kappa shape index (κ3) is 4.16. The van der Waals surface area contributed by atoms with Crippen molar-refractivity contribution in [3.05, 3.63) is 72.1 Å². The zero-order valence-electron chi connectivity index (χ0n) is 14.7. The molecule has 6 nitrogen and oxygen atoms in total. The highest BCUT2D eigenvalue weighted by Crippen LogP contribution is 2.25. The van der Waals surface area contributed by atoms with Gasteiger partial charge < -0.3 is 15.4 Å². The molecule has 1 amide bonds. The van der Waals surface area contributed by atoms with Crippen molar-refractivity contribution in [1.82, 2.24) is 9.97 Å². The Balaban J connectivity index is 1.74. The van der Waals surface area contributed by atoms with E-state index in [2.05, 4.69) is 27.5 Å². The molecule has 0 aliphatic carbocycles. The molecule has 1 heterocycles. The van der Waals surface area contributed by atoms with Gasteiger partial charge in [-0.25, -0.2) is 9.97 Å². The smallest absolute Gasteiger partial charge is 0.274 e. The fraction of sp³-hybridized carbons (Fsp3) is 0.150. The molecule has 0 radical (unpaired) electrons. The predicted molar refractivity (Wildman–Crippen MR) is 102 cm³/mol. The van der Waals surface area contributed by atoms with Gasteiger partial charge in [0, 0.05) is 11.9 Å². The number of benzene rings is 2. The molecule has 132 valence electrons. The molecule has 0 unspecified atom stereocenters. The summed E-state index contributed by atoms with van der Waals surface area (Å²) in [5.41, 5.74) is 2.94. The number of carbonyl (C=O) groups is 1. The minimum Gasteiger partial charge on any atom is -0.495 e. The Bertz CT molecular complexity index is 894. The van der Waals surface area contributed by atoms with Crippen LogP contribution in [-0.4, -0.2) is 23.0 Å². The van der Waals surface area contributed by atoms with E-state index >= 15 is 0 Å². The van der Waals surface area contributed by atoms with Crippen molar-refractivity contribution in [2.24, 2.45) is 0 Å². The molecule has 0 spiro atoms. The summed E-state index contributed by atoms with van der Waals surface area (Å²) in [4.78, 5) is 20.9. The number of aromatic nitrogens is 2. The van der Waals surface area contributed by atoms with E-state index in [0.29, 0.717) is 11.7 Å². The van der Waals surface area contributed by atoms with E-state index in [1.165, 1.54) is 5.56 Å². The Kier molecular flexibility index (Phi) is 5.43. The first-order valence-corrected chi connectivity index (χ1v) is 8.33. The van der Waals surface area contributed by atoms with Crippen LogP contribution in [0.3, 0.4) is 0 Å². The maximum atomic E-state index is 12.4. The molecular weight excluding hydrogens is 328 g/mol. The minimum absolute atomic E-state index is 0.275. The summed E-state index contributed by atoms with van der Waals surface area (Å²) in [5.74, 6) is 0.699. The molecule has 1 aromatic heterocycles. The van der Waals surface area contributed by atoms with Crippen LogP contribution in [0.4, 0.5) is 17.3 Å². The molecule has 26 heavy (non-hydrogen) atoms. The number of ether oxygens (including phenoxy) is 1. The molecule has 0 atom stereocenters. The zero-order valence-corrected chi connectivity index (χ0v) is 14.7. The quantitative estimate of drug-likeness (QED) is 0.703. The molecule has 0 bridgehead atoms. The van der Waals surface area contributed by atoms with Crippen LogP contribution in [0.5, 0.6) is 5.75 Å². The van der Waals surface area contributed by atoms with Crippen LogP contribution >= 0.6 is 0 Å². The second-order valence-corrected chi connectivity index (χ2v) is 5.60. The lowest BCUT2D eigenvalue weighted by Crippen LogP contribution is -2.14. The lowest BCUT2D eigenvalue weighted by Gasteiger charge is -2.10. The lowest BCUT2D eigenvalue weighted by atomic mass is 10.1. The first kappa shape index (κ1) is 17.4. The van der Waals surface area contributed by atoms with Crippen LogP contribution in [0.15, 0.2) is 60.8 Å². The molecule has 0 saturated carbocycles. The molecule has 0 aliphatic rings. The van der Waals surface area contributed by atoms with Gasteiger partial charge in [-0.2, -0.15) is 0 Å². The van der Waals surface area contributed by atoms with Gasteiger partial charge in [0.05, 0.1) is 12.8 Å². The van der Waals surface area contributed by atoms with Crippen LogP contribution in [-0.2, 0) is 6.42 Å². The van der Waals surface area contributed by atoms with E-state index in [9.17, 15) is 4.79 Å². The van der Waals surface area contributed by atoms with Gasteiger partial charge in [0.25, 0.3) is 5.91 Å². The average molecular weight is 348 g/mol. The standard InChI is InChI=1S/C20H20N4O2/c1-3-14-8-10-15(11-9-14)22-19(25)17-12-13-21-20(24-17)23-16-6-4-5-7-18(16)26-2/h4-13H,3H2,1-2H3,(H,22,25)(H,21,23,24). The van der Waals surface area contributed by atoms with Gasteiger partial charge in [-0.3, -0.25) is 4.79 Å². The third-order valence-corrected chi connectivity index (χ3v) is 3.86. The van der Waals surface area contributed by atoms with E-state index in [1.54, 1.807) is 19.4 Å². The SMILES string of the molecule is CCc1ccc(NC(=O)c2ccnc(Nc3ccccc3OC)n2)cc1. The first-order chi connectivity index (χ1) is 12.7. The van der Waals surface area contributed by atoms with Crippen molar-refractivity contribution >= 4 is 23.2 Å². The number of hydrogen-bond donors (Lipinski definition) is 2. The van der Waals surface area contributed by atoms with Crippen LogP contribution in [0.1, 0.15) is 23.0 Å². The number of rotatable bonds is 6. The molecule has 0 fully saturated rings. The lowest BCUT2D eigenvalue weighted by molar-refractivity contribution is 0.102. The van der Waals surface area contributed by atoms with Crippen LogP contribution < -0.4 is 15.4 Å². The molecule has 3 rings (SSSR count). The summed E-state index contributed by atoms with van der Waals surface area (Å²) in [6.07, 6.45) is 2.50. The van der Waals surface area contributed by atoms with Crippen LogP contribution in [0.25, 0.3) is 0 Å². The fourth-order valence-electron chi connectivity index (χ4n) is 2.43. The molecule has 6 heteroatoms. The second kappa shape index (κ2) is 8.11. The number of hydrogen-bond acceptors (Lipinski definition) is 5. The van der Waals surface area contributed by atoms with E-state index in [1.807, 2.05) is 48.5 Å². The maximum Gasteiger partial charge on any atom is 0.274 e. The van der Waals surface area contributed by atoms with Crippen molar-refractivity contribution in [2.45, 2.75) is 13.3 Å². The number of carbonyl (C=O) groups excluding carboxylic acids is 1. The molecule has 0 aliphatic heterocycles. The number of nitrogens with zero attached hydrogens (tertiary/aromatic N) is 2. The van der Waals surface area contributed by atoms with Gasteiger partial charge in [-0.1, -0.05) is 31.2 Å². The summed E-state index contributed by atoms with van der Waals surface area (Å²) in [6.45, 7) is 2.09. The maximum absolute atomic E-state index is 12.4. The van der Waals surface area contributed by atoms with Gasteiger partial charge in [0.15, 0.2) is 0 Å². The van der Waals surface area contributed by atoms with Gasteiger partial charge in [-0.05, 0) is 42.3 Å². The number of amides is 1. The van der Waals surface area contributed by atoms with Gasteiger partial charge in [0.1, 0.15) is 11.4 Å². The summed E-state index contributed by atoms with van der Waals surface area (Å²) in [6, 6.07) is 16.7. The zero-order chi connectivity index (χ0) is 18.4. The minimum atomic E-state index is -0.292. The van der Waals surface area contributed by atoms with Crippen molar-refractivity contribution < 1.29 is 9.53 Å². The Labute approximate surface area is 152 Å². The largest absolute Gasteiger partial charge is 0.495 e. The number of aryl methyl sites for hydroxylation is 1. The molecule has 3 aromatic rings. The van der Waals surface area contributed by atoms with E-state index in [-0.39, 0.29) is 11.6 Å².